The van der Waals surface area contributed by atoms with Gasteiger partial charge in [0, 0.05) is 19.1 Å². The van der Waals surface area contributed by atoms with E-state index in [-0.39, 0.29) is 11.6 Å². The Kier molecular flexibility index (Phi) is 5.06. The molecule has 0 radical (unpaired) electrons. The molecule has 0 bridgehead atoms. The predicted molar refractivity (Wildman–Crippen MR) is 107 cm³/mol. The fourth-order valence-corrected chi connectivity index (χ4v) is 4.36. The number of benzene rings is 1. The molecule has 2 amide bonds. The number of likely N-dealkylation sites (tertiary alicyclic amines) is 1. The molecule has 3 aliphatic rings. The van der Waals surface area contributed by atoms with Crippen molar-refractivity contribution < 1.29 is 9.53 Å². The van der Waals surface area contributed by atoms with Crippen LogP contribution in [0.15, 0.2) is 24.3 Å². The van der Waals surface area contributed by atoms with E-state index in [0.29, 0.717) is 18.5 Å². The van der Waals surface area contributed by atoms with Crippen LogP contribution in [-0.2, 0) is 6.54 Å². The summed E-state index contributed by atoms with van der Waals surface area (Å²) in [5.41, 5.74) is 1.30. The second kappa shape index (κ2) is 7.34. The van der Waals surface area contributed by atoms with E-state index in [4.69, 9.17) is 4.74 Å². The van der Waals surface area contributed by atoms with Crippen LogP contribution in [0.2, 0.25) is 0 Å². The van der Waals surface area contributed by atoms with Crippen molar-refractivity contribution >= 4 is 6.03 Å². The Bertz CT molecular complexity index is 661. The maximum atomic E-state index is 13.2. The molecule has 0 aromatic heterocycles. The molecule has 1 saturated carbocycles. The molecule has 2 heterocycles. The highest BCUT2D eigenvalue weighted by Gasteiger charge is 2.58. The molecule has 5 nitrogen and oxygen atoms in total. The van der Waals surface area contributed by atoms with Gasteiger partial charge in [-0.15, -0.1) is 0 Å². The van der Waals surface area contributed by atoms with Crippen LogP contribution in [0.25, 0.3) is 0 Å². The maximum Gasteiger partial charge on any atom is 0.321 e. The lowest BCUT2D eigenvalue weighted by Crippen LogP contribution is -2.45. The van der Waals surface area contributed by atoms with Gasteiger partial charge in [-0.1, -0.05) is 26.0 Å². The van der Waals surface area contributed by atoms with Crippen LogP contribution in [0.1, 0.15) is 45.1 Å². The zero-order chi connectivity index (χ0) is 19.0. The standard InChI is InChI=1S/C22H33N3O2/c1-17(2)15-27-20-6-4-18(5-7-20)14-25-21(26)24(16-22(25)10-11-22)19-8-12-23(3)13-9-19/h4-7,17,19H,8-16H2,1-3H3. The van der Waals surface area contributed by atoms with E-state index in [1.807, 2.05) is 12.1 Å². The number of piperidine rings is 1. The molecule has 2 saturated heterocycles. The summed E-state index contributed by atoms with van der Waals surface area (Å²) in [5, 5.41) is 0. The Hall–Kier alpha value is -1.75. The second-order valence-corrected chi connectivity index (χ2v) is 9.10. The van der Waals surface area contributed by atoms with Crippen molar-refractivity contribution in [2.45, 2.75) is 57.7 Å². The molecular weight excluding hydrogens is 338 g/mol. The topological polar surface area (TPSA) is 36.0 Å². The van der Waals surface area contributed by atoms with E-state index in [1.165, 1.54) is 5.56 Å². The summed E-state index contributed by atoms with van der Waals surface area (Å²) in [4.78, 5) is 19.9. The van der Waals surface area contributed by atoms with Gasteiger partial charge in [0.2, 0.25) is 0 Å². The first-order valence-corrected chi connectivity index (χ1v) is 10.5. The Morgan fingerprint density at radius 1 is 1.15 bits per heavy atom. The first kappa shape index (κ1) is 18.6. The smallest absolute Gasteiger partial charge is 0.321 e. The average Bonchev–Trinajstić information content (AvgIpc) is 3.39. The van der Waals surface area contributed by atoms with Gasteiger partial charge in [0.1, 0.15) is 5.75 Å². The largest absolute Gasteiger partial charge is 0.493 e. The zero-order valence-corrected chi connectivity index (χ0v) is 17.0. The molecule has 0 N–H and O–H groups in total. The fourth-order valence-electron chi connectivity index (χ4n) is 4.36. The molecule has 5 heteroatoms. The van der Waals surface area contributed by atoms with E-state index >= 15 is 0 Å². The Balaban J connectivity index is 1.40. The first-order chi connectivity index (χ1) is 13.0. The third kappa shape index (κ3) is 3.93. The normalized spacial score (nSPS) is 22.9. The van der Waals surface area contributed by atoms with Crippen molar-refractivity contribution in [3.05, 3.63) is 29.8 Å². The number of carbonyl (C=O) groups excluding carboxylic acids is 1. The summed E-state index contributed by atoms with van der Waals surface area (Å²) in [6.45, 7) is 8.87. The Morgan fingerprint density at radius 2 is 1.81 bits per heavy atom. The third-order valence-electron chi connectivity index (χ3n) is 6.32. The number of amides is 2. The van der Waals surface area contributed by atoms with Gasteiger partial charge in [0.15, 0.2) is 0 Å². The van der Waals surface area contributed by atoms with Crippen LogP contribution in [0.5, 0.6) is 5.75 Å². The summed E-state index contributed by atoms with van der Waals surface area (Å²) < 4.78 is 5.78. The van der Waals surface area contributed by atoms with Crippen molar-refractivity contribution in [2.24, 2.45) is 5.92 Å². The molecule has 4 rings (SSSR count). The summed E-state index contributed by atoms with van der Waals surface area (Å²) >= 11 is 0. The van der Waals surface area contributed by atoms with Gasteiger partial charge >= 0.3 is 6.03 Å². The average molecular weight is 372 g/mol. The van der Waals surface area contributed by atoms with Crippen LogP contribution in [-0.4, -0.2) is 65.6 Å². The van der Waals surface area contributed by atoms with Crippen molar-refractivity contribution in [1.82, 2.24) is 14.7 Å². The number of carbonyl (C=O) groups is 1. The molecule has 148 valence electrons. The highest BCUT2D eigenvalue weighted by molar-refractivity contribution is 5.79. The van der Waals surface area contributed by atoms with Gasteiger partial charge < -0.3 is 19.4 Å². The van der Waals surface area contributed by atoms with Crippen molar-refractivity contribution in [2.75, 3.05) is 33.3 Å². The zero-order valence-electron chi connectivity index (χ0n) is 17.0. The summed E-state index contributed by atoms with van der Waals surface area (Å²) in [6, 6.07) is 8.96. The maximum absolute atomic E-state index is 13.2. The monoisotopic (exact) mass is 371 g/mol. The molecular formula is C22H33N3O2. The van der Waals surface area contributed by atoms with E-state index in [2.05, 4.69) is 47.7 Å². The number of rotatable bonds is 6. The highest BCUT2D eigenvalue weighted by Crippen LogP contribution is 2.48. The van der Waals surface area contributed by atoms with Gasteiger partial charge in [-0.3, -0.25) is 0 Å². The third-order valence-corrected chi connectivity index (χ3v) is 6.32. The van der Waals surface area contributed by atoms with Gasteiger partial charge in [-0.25, -0.2) is 4.79 Å². The van der Waals surface area contributed by atoms with Gasteiger partial charge in [-0.05, 0) is 69.4 Å². The molecule has 3 fully saturated rings. The fraction of sp³-hybridized carbons (Fsp3) is 0.682. The lowest BCUT2D eigenvalue weighted by atomic mass is 10.0. The van der Waals surface area contributed by atoms with E-state index in [9.17, 15) is 4.79 Å². The minimum absolute atomic E-state index is 0.104. The van der Waals surface area contributed by atoms with Crippen molar-refractivity contribution in [3.8, 4) is 5.75 Å². The number of ether oxygens (including phenoxy) is 1. The number of hydrogen-bond donors (Lipinski definition) is 0. The molecule has 0 unspecified atom stereocenters. The molecule has 1 aromatic rings. The number of hydrogen-bond acceptors (Lipinski definition) is 3. The quantitative estimate of drug-likeness (QED) is 0.767. The van der Waals surface area contributed by atoms with Crippen LogP contribution in [0.4, 0.5) is 4.79 Å². The minimum Gasteiger partial charge on any atom is -0.493 e. The van der Waals surface area contributed by atoms with Crippen LogP contribution in [0, 0.1) is 5.92 Å². The van der Waals surface area contributed by atoms with Crippen molar-refractivity contribution in [1.29, 1.82) is 0 Å². The number of nitrogens with zero attached hydrogens (tertiary/aromatic N) is 3. The van der Waals surface area contributed by atoms with Gasteiger partial charge in [0.25, 0.3) is 0 Å². The van der Waals surface area contributed by atoms with Gasteiger partial charge in [-0.2, -0.15) is 0 Å². The SMILES string of the molecule is CC(C)COc1ccc(CN2C(=O)N(C3CCN(C)CC3)CC23CC3)cc1. The first-order valence-electron chi connectivity index (χ1n) is 10.5. The lowest BCUT2D eigenvalue weighted by Gasteiger charge is -2.34. The van der Waals surface area contributed by atoms with Crippen LogP contribution >= 0.6 is 0 Å². The highest BCUT2D eigenvalue weighted by atomic mass is 16.5. The minimum atomic E-state index is 0.104. The molecule has 0 atom stereocenters. The summed E-state index contributed by atoms with van der Waals surface area (Å²) in [7, 11) is 2.17. The van der Waals surface area contributed by atoms with E-state index in [1.54, 1.807) is 0 Å². The van der Waals surface area contributed by atoms with Crippen LogP contribution < -0.4 is 4.74 Å². The molecule has 27 heavy (non-hydrogen) atoms. The van der Waals surface area contributed by atoms with Crippen LogP contribution in [0.3, 0.4) is 0 Å². The molecule has 1 spiro atoms. The Labute approximate surface area is 163 Å². The lowest BCUT2D eigenvalue weighted by molar-refractivity contribution is 0.140. The second-order valence-electron chi connectivity index (χ2n) is 9.10. The number of urea groups is 1. The summed E-state index contributed by atoms with van der Waals surface area (Å²) in [6.07, 6.45) is 4.51. The molecule has 1 aliphatic carbocycles. The summed E-state index contributed by atoms with van der Waals surface area (Å²) in [5.74, 6) is 1.43. The van der Waals surface area contributed by atoms with Crippen molar-refractivity contribution in [3.63, 3.8) is 0 Å². The Morgan fingerprint density at radius 3 is 2.41 bits per heavy atom. The molecule has 2 aliphatic heterocycles. The van der Waals surface area contributed by atoms with Gasteiger partial charge in [0.05, 0.1) is 12.1 Å². The molecule has 1 aromatic carbocycles. The van der Waals surface area contributed by atoms with E-state index in [0.717, 1.165) is 57.7 Å². The predicted octanol–water partition coefficient (Wildman–Crippen LogP) is 3.59. The van der Waals surface area contributed by atoms with E-state index < -0.39 is 0 Å².